The largest absolute Gasteiger partial charge is 0.399 e. The molecule has 2 heteroatoms. The molecule has 0 spiro atoms. The summed E-state index contributed by atoms with van der Waals surface area (Å²) in [6.07, 6.45) is 2.26. The molecule has 0 fully saturated rings. The van der Waals surface area contributed by atoms with Crippen molar-refractivity contribution in [3.05, 3.63) is 65.2 Å². The quantitative estimate of drug-likeness (QED) is 0.653. The molecular weight excluding hydrogens is 234 g/mol. The molecule has 0 saturated carbocycles. The maximum Gasteiger partial charge on any atom is 0.163 e. The van der Waals surface area contributed by atoms with Gasteiger partial charge in [0.25, 0.3) is 0 Å². The zero-order chi connectivity index (χ0) is 13.7. The van der Waals surface area contributed by atoms with Gasteiger partial charge in [-0.3, -0.25) is 4.79 Å². The first-order valence-electron chi connectivity index (χ1n) is 6.65. The first kappa shape index (κ1) is 13.3. The van der Waals surface area contributed by atoms with Gasteiger partial charge in [-0.15, -0.1) is 0 Å². The molecule has 0 atom stereocenters. The Morgan fingerprint density at radius 2 is 1.79 bits per heavy atom. The summed E-state index contributed by atoms with van der Waals surface area (Å²) in [4.78, 5) is 12.1. The number of Topliss-reactive ketones (excluding diaryl/α,β-unsaturated/α-hetero) is 1. The van der Waals surface area contributed by atoms with Crippen LogP contribution in [0.3, 0.4) is 0 Å². The molecular formula is C17H19NO. The molecule has 2 rings (SSSR count). The van der Waals surface area contributed by atoms with Crippen LogP contribution in [-0.2, 0) is 12.8 Å². The van der Waals surface area contributed by atoms with Crippen LogP contribution in [0.2, 0.25) is 0 Å². The molecule has 0 saturated heterocycles. The van der Waals surface area contributed by atoms with Crippen LogP contribution in [0.25, 0.3) is 0 Å². The second-order valence-electron chi connectivity index (χ2n) is 4.72. The van der Waals surface area contributed by atoms with Gasteiger partial charge < -0.3 is 5.73 Å². The SMILES string of the molecule is CCc1ccc(C(=O)CCc2cccc(N)c2)cc1. The second kappa shape index (κ2) is 6.19. The predicted molar refractivity (Wildman–Crippen MR) is 79.3 cm³/mol. The number of carbonyl (C=O) groups is 1. The zero-order valence-electron chi connectivity index (χ0n) is 11.2. The third kappa shape index (κ3) is 3.68. The highest BCUT2D eigenvalue weighted by Crippen LogP contribution is 2.12. The smallest absolute Gasteiger partial charge is 0.163 e. The van der Waals surface area contributed by atoms with Crippen molar-refractivity contribution >= 4 is 11.5 Å². The van der Waals surface area contributed by atoms with Crippen molar-refractivity contribution in [2.24, 2.45) is 0 Å². The van der Waals surface area contributed by atoms with Crippen molar-refractivity contribution in [2.45, 2.75) is 26.2 Å². The summed E-state index contributed by atoms with van der Waals surface area (Å²) in [5.74, 6) is 0.185. The zero-order valence-corrected chi connectivity index (χ0v) is 11.2. The lowest BCUT2D eigenvalue weighted by Crippen LogP contribution is -2.01. The molecule has 0 aromatic heterocycles. The number of anilines is 1. The topological polar surface area (TPSA) is 43.1 Å². The fraction of sp³-hybridized carbons (Fsp3) is 0.235. The molecule has 19 heavy (non-hydrogen) atoms. The molecule has 0 amide bonds. The minimum atomic E-state index is 0.185. The molecule has 2 aromatic rings. The number of benzene rings is 2. The van der Waals surface area contributed by atoms with Crippen LogP contribution in [0.15, 0.2) is 48.5 Å². The molecule has 0 bridgehead atoms. The predicted octanol–water partition coefficient (Wildman–Crippen LogP) is 3.65. The van der Waals surface area contributed by atoms with Crippen LogP contribution >= 0.6 is 0 Å². The Labute approximate surface area is 114 Å². The number of ketones is 1. The molecule has 98 valence electrons. The van der Waals surface area contributed by atoms with Crippen molar-refractivity contribution in [1.82, 2.24) is 0 Å². The van der Waals surface area contributed by atoms with E-state index in [1.807, 2.05) is 48.5 Å². The Morgan fingerprint density at radius 3 is 2.42 bits per heavy atom. The van der Waals surface area contributed by atoms with Crippen LogP contribution in [0.1, 0.15) is 34.8 Å². The van der Waals surface area contributed by atoms with E-state index in [9.17, 15) is 4.79 Å². The lowest BCUT2D eigenvalue weighted by Gasteiger charge is -2.04. The van der Waals surface area contributed by atoms with E-state index in [0.717, 1.165) is 29.7 Å². The summed E-state index contributed by atoms with van der Waals surface area (Å²) in [7, 11) is 0. The van der Waals surface area contributed by atoms with Gasteiger partial charge in [-0.1, -0.05) is 43.3 Å². The van der Waals surface area contributed by atoms with Gasteiger partial charge in [0.15, 0.2) is 5.78 Å². The maximum absolute atomic E-state index is 12.1. The lowest BCUT2D eigenvalue weighted by molar-refractivity contribution is 0.0983. The van der Waals surface area contributed by atoms with Crippen LogP contribution in [0, 0.1) is 0 Å². The average molecular weight is 253 g/mol. The number of rotatable bonds is 5. The van der Waals surface area contributed by atoms with Gasteiger partial charge in [0, 0.05) is 17.7 Å². The van der Waals surface area contributed by atoms with Crippen molar-refractivity contribution < 1.29 is 4.79 Å². The minimum absolute atomic E-state index is 0.185. The first-order chi connectivity index (χ1) is 9.19. The highest BCUT2D eigenvalue weighted by molar-refractivity contribution is 5.96. The lowest BCUT2D eigenvalue weighted by atomic mass is 10.0. The van der Waals surface area contributed by atoms with Crippen molar-refractivity contribution in [2.75, 3.05) is 5.73 Å². The average Bonchev–Trinajstić information content (AvgIpc) is 2.45. The molecule has 2 N–H and O–H groups in total. The van der Waals surface area contributed by atoms with Gasteiger partial charge in [-0.05, 0) is 36.1 Å². The Morgan fingerprint density at radius 1 is 1.05 bits per heavy atom. The Balaban J connectivity index is 1.97. The van der Waals surface area contributed by atoms with E-state index in [1.54, 1.807) is 0 Å². The highest BCUT2D eigenvalue weighted by Gasteiger charge is 2.06. The number of nitrogen functional groups attached to an aromatic ring is 1. The molecule has 2 nitrogen and oxygen atoms in total. The Bertz CT molecular complexity index is 558. The minimum Gasteiger partial charge on any atom is -0.399 e. The monoisotopic (exact) mass is 253 g/mol. The summed E-state index contributed by atoms with van der Waals surface area (Å²) in [6, 6.07) is 15.6. The summed E-state index contributed by atoms with van der Waals surface area (Å²) < 4.78 is 0. The van der Waals surface area contributed by atoms with Gasteiger partial charge in [0.1, 0.15) is 0 Å². The molecule has 0 unspecified atom stereocenters. The summed E-state index contributed by atoms with van der Waals surface area (Å²) in [5.41, 5.74) is 9.63. The van der Waals surface area contributed by atoms with Crippen LogP contribution in [-0.4, -0.2) is 5.78 Å². The molecule has 0 radical (unpaired) electrons. The third-order valence-corrected chi connectivity index (χ3v) is 3.28. The number of carbonyl (C=O) groups excluding carboxylic acids is 1. The van der Waals surface area contributed by atoms with E-state index in [2.05, 4.69) is 6.92 Å². The molecule has 0 heterocycles. The maximum atomic E-state index is 12.1. The van der Waals surface area contributed by atoms with Crippen molar-refractivity contribution in [3.63, 3.8) is 0 Å². The van der Waals surface area contributed by atoms with E-state index >= 15 is 0 Å². The fourth-order valence-electron chi connectivity index (χ4n) is 2.08. The summed E-state index contributed by atoms with van der Waals surface area (Å²) in [5, 5.41) is 0. The summed E-state index contributed by atoms with van der Waals surface area (Å²) in [6.45, 7) is 2.11. The fourth-order valence-corrected chi connectivity index (χ4v) is 2.08. The number of aryl methyl sites for hydroxylation is 2. The van der Waals surface area contributed by atoms with Crippen LogP contribution < -0.4 is 5.73 Å². The van der Waals surface area contributed by atoms with Gasteiger partial charge in [0.05, 0.1) is 0 Å². The number of hydrogen-bond donors (Lipinski definition) is 1. The van der Waals surface area contributed by atoms with Crippen molar-refractivity contribution in [1.29, 1.82) is 0 Å². The van der Waals surface area contributed by atoms with Crippen LogP contribution in [0.4, 0.5) is 5.69 Å². The number of hydrogen-bond acceptors (Lipinski definition) is 2. The van der Waals surface area contributed by atoms with Gasteiger partial charge in [-0.2, -0.15) is 0 Å². The Hall–Kier alpha value is -2.09. The normalized spacial score (nSPS) is 10.4. The first-order valence-corrected chi connectivity index (χ1v) is 6.65. The van der Waals surface area contributed by atoms with E-state index in [4.69, 9.17) is 5.73 Å². The molecule has 0 aliphatic carbocycles. The van der Waals surface area contributed by atoms with Crippen LogP contribution in [0.5, 0.6) is 0 Å². The standard InChI is InChI=1S/C17H19NO/c1-2-13-6-9-15(10-7-13)17(19)11-8-14-4-3-5-16(18)12-14/h3-7,9-10,12H,2,8,11,18H2,1H3. The van der Waals surface area contributed by atoms with Crippen molar-refractivity contribution in [3.8, 4) is 0 Å². The van der Waals surface area contributed by atoms with E-state index in [0.29, 0.717) is 6.42 Å². The molecule has 2 aromatic carbocycles. The molecule has 0 aliphatic rings. The molecule has 0 aliphatic heterocycles. The third-order valence-electron chi connectivity index (χ3n) is 3.28. The van der Waals surface area contributed by atoms with Gasteiger partial charge >= 0.3 is 0 Å². The Kier molecular flexibility index (Phi) is 4.35. The summed E-state index contributed by atoms with van der Waals surface area (Å²) >= 11 is 0. The van der Waals surface area contributed by atoms with E-state index in [-0.39, 0.29) is 5.78 Å². The highest BCUT2D eigenvalue weighted by atomic mass is 16.1. The van der Waals surface area contributed by atoms with Gasteiger partial charge in [-0.25, -0.2) is 0 Å². The van der Waals surface area contributed by atoms with E-state index < -0.39 is 0 Å². The number of nitrogens with two attached hydrogens (primary N) is 1. The van der Waals surface area contributed by atoms with E-state index in [1.165, 1.54) is 5.56 Å². The van der Waals surface area contributed by atoms with Gasteiger partial charge in [0.2, 0.25) is 0 Å². The second-order valence-corrected chi connectivity index (χ2v) is 4.72.